The first-order chi connectivity index (χ1) is 33.2. The summed E-state index contributed by atoms with van der Waals surface area (Å²) in [4.78, 5) is 2.45. The van der Waals surface area contributed by atoms with Crippen LogP contribution in [0.2, 0.25) is 0 Å². The second-order valence-electron chi connectivity index (χ2n) is 19.8. The number of nitrogens with zero attached hydrogens (tertiary/aromatic N) is 2. The molecular formula is C66H50N2. The highest BCUT2D eigenvalue weighted by Crippen LogP contribution is 2.53. The third kappa shape index (κ3) is 6.17. The third-order valence-corrected chi connectivity index (χ3v) is 15.2. The van der Waals surface area contributed by atoms with E-state index < -0.39 is 0 Å². The Hall–Kier alpha value is -8.20. The van der Waals surface area contributed by atoms with Crippen LogP contribution in [0.1, 0.15) is 49.9 Å². The molecule has 68 heavy (non-hydrogen) atoms. The van der Waals surface area contributed by atoms with Gasteiger partial charge in [0.05, 0.1) is 11.0 Å². The maximum absolute atomic E-state index is 2.45. The van der Waals surface area contributed by atoms with Crippen molar-refractivity contribution in [2.75, 3.05) is 4.90 Å². The molecule has 0 amide bonds. The Kier molecular flexibility index (Phi) is 8.95. The van der Waals surface area contributed by atoms with Gasteiger partial charge in [0, 0.05) is 44.4 Å². The van der Waals surface area contributed by atoms with Crippen LogP contribution in [0.5, 0.6) is 0 Å². The monoisotopic (exact) mass is 870 g/mol. The molecule has 2 heteroatoms. The first-order valence-electron chi connectivity index (χ1n) is 23.9. The van der Waals surface area contributed by atoms with Crippen LogP contribution >= 0.6 is 0 Å². The summed E-state index contributed by atoms with van der Waals surface area (Å²) in [7, 11) is 0. The van der Waals surface area contributed by atoms with E-state index in [4.69, 9.17) is 0 Å². The van der Waals surface area contributed by atoms with Crippen molar-refractivity contribution in [1.29, 1.82) is 0 Å². The normalized spacial score (nSPS) is 13.8. The average Bonchev–Trinajstić information content (AvgIpc) is 3.93. The van der Waals surface area contributed by atoms with Crippen LogP contribution in [0.3, 0.4) is 0 Å². The van der Waals surface area contributed by atoms with Gasteiger partial charge in [-0.1, -0.05) is 191 Å². The summed E-state index contributed by atoms with van der Waals surface area (Å²) in [5, 5.41) is 2.53. The SMILES string of the molecule is CC1(C)c2ccccc2-c2ccc(N(c3ccc(-c4ccc(-c5ccc(-c6ccc7c(c6)c6ccccc6n7-c6ccccc6)cc5)cc4)cc3)c3ccc4c(c3)C(C)(C)c3ccccc3-4)cc21. The molecule has 2 aliphatic carbocycles. The fourth-order valence-corrected chi connectivity index (χ4v) is 11.6. The summed E-state index contributed by atoms with van der Waals surface area (Å²) >= 11 is 0. The molecule has 0 saturated carbocycles. The van der Waals surface area contributed by atoms with E-state index in [1.54, 1.807) is 0 Å². The predicted molar refractivity (Wildman–Crippen MR) is 287 cm³/mol. The maximum Gasteiger partial charge on any atom is 0.0541 e. The lowest BCUT2D eigenvalue weighted by Crippen LogP contribution is -2.18. The lowest BCUT2D eigenvalue weighted by Gasteiger charge is -2.30. The summed E-state index contributed by atoms with van der Waals surface area (Å²) in [5.41, 5.74) is 24.9. The largest absolute Gasteiger partial charge is 0.310 e. The third-order valence-electron chi connectivity index (χ3n) is 15.2. The van der Waals surface area contributed by atoms with E-state index >= 15 is 0 Å². The van der Waals surface area contributed by atoms with Gasteiger partial charge in [0.25, 0.3) is 0 Å². The molecule has 0 radical (unpaired) electrons. The Morgan fingerprint density at radius 3 is 1.24 bits per heavy atom. The van der Waals surface area contributed by atoms with Crippen LogP contribution in [0, 0.1) is 0 Å². The molecule has 11 aromatic rings. The number of rotatable bonds is 7. The van der Waals surface area contributed by atoms with E-state index in [0.29, 0.717) is 0 Å². The van der Waals surface area contributed by atoms with Gasteiger partial charge in [-0.25, -0.2) is 0 Å². The summed E-state index contributed by atoms with van der Waals surface area (Å²) in [6.45, 7) is 9.46. The van der Waals surface area contributed by atoms with E-state index in [0.717, 1.165) is 17.1 Å². The molecular weight excluding hydrogens is 821 g/mol. The minimum absolute atomic E-state index is 0.103. The lowest BCUT2D eigenvalue weighted by atomic mass is 9.82. The first-order valence-corrected chi connectivity index (χ1v) is 23.9. The summed E-state index contributed by atoms with van der Waals surface area (Å²) in [6, 6.07) is 85.4. The molecule has 1 heterocycles. The van der Waals surface area contributed by atoms with E-state index in [1.165, 1.54) is 105 Å². The van der Waals surface area contributed by atoms with Crippen molar-refractivity contribution in [3.05, 3.63) is 253 Å². The molecule has 10 aromatic carbocycles. The predicted octanol–water partition coefficient (Wildman–Crippen LogP) is 17.9. The van der Waals surface area contributed by atoms with Gasteiger partial charge in [-0.3, -0.25) is 0 Å². The fourth-order valence-electron chi connectivity index (χ4n) is 11.6. The summed E-state index contributed by atoms with van der Waals surface area (Å²) in [6.07, 6.45) is 0. The molecule has 324 valence electrons. The van der Waals surface area contributed by atoms with Crippen molar-refractivity contribution in [2.24, 2.45) is 0 Å². The lowest BCUT2D eigenvalue weighted by molar-refractivity contribution is 0.660. The van der Waals surface area contributed by atoms with Gasteiger partial charge in [-0.15, -0.1) is 0 Å². The van der Waals surface area contributed by atoms with Gasteiger partial charge < -0.3 is 9.47 Å². The van der Waals surface area contributed by atoms with Gasteiger partial charge in [-0.05, 0) is 145 Å². The van der Waals surface area contributed by atoms with Crippen molar-refractivity contribution in [2.45, 2.75) is 38.5 Å². The van der Waals surface area contributed by atoms with Crippen molar-refractivity contribution >= 4 is 38.9 Å². The van der Waals surface area contributed by atoms with E-state index in [-0.39, 0.29) is 10.8 Å². The molecule has 0 N–H and O–H groups in total. The Labute approximate surface area is 399 Å². The highest BCUT2D eigenvalue weighted by Gasteiger charge is 2.37. The molecule has 0 unspecified atom stereocenters. The highest BCUT2D eigenvalue weighted by molar-refractivity contribution is 6.10. The number of benzene rings is 10. The van der Waals surface area contributed by atoms with E-state index in [2.05, 4.69) is 268 Å². The fraction of sp³-hybridized carbons (Fsp3) is 0.0909. The van der Waals surface area contributed by atoms with Gasteiger partial charge in [-0.2, -0.15) is 0 Å². The molecule has 2 nitrogen and oxygen atoms in total. The number of para-hydroxylation sites is 2. The minimum atomic E-state index is -0.103. The molecule has 0 spiro atoms. The molecule has 1 aromatic heterocycles. The Bertz CT molecular complexity index is 3650. The zero-order valence-electron chi connectivity index (χ0n) is 38.8. The maximum atomic E-state index is 2.45. The molecule has 0 aliphatic heterocycles. The van der Waals surface area contributed by atoms with Crippen molar-refractivity contribution in [3.63, 3.8) is 0 Å². The minimum Gasteiger partial charge on any atom is -0.310 e. The van der Waals surface area contributed by atoms with Crippen molar-refractivity contribution in [3.8, 4) is 61.3 Å². The summed E-state index contributed by atoms with van der Waals surface area (Å²) < 4.78 is 2.37. The zero-order valence-corrected chi connectivity index (χ0v) is 38.8. The topological polar surface area (TPSA) is 8.17 Å². The van der Waals surface area contributed by atoms with Crippen molar-refractivity contribution < 1.29 is 0 Å². The van der Waals surface area contributed by atoms with Gasteiger partial charge in [0.1, 0.15) is 0 Å². The number of aromatic nitrogens is 1. The van der Waals surface area contributed by atoms with Gasteiger partial charge in [0.15, 0.2) is 0 Å². The standard InChI is InChI=1S/C66H50N2/c1-65(2)59-19-11-8-16-53(59)55-37-35-51(41-61(55)65)67(52-36-38-56-54-17-9-12-20-60(54)66(3,4)62(56)42-52)50-33-30-46(31-34-50)45-24-22-43(23-25-45)44-26-28-47(29-27-44)48-32-39-64-58(40-48)57-18-10-13-21-63(57)68(64)49-14-6-5-7-15-49/h5-42H,1-4H3. The van der Waals surface area contributed by atoms with Crippen LogP contribution in [-0.2, 0) is 10.8 Å². The Balaban J connectivity index is 0.808. The van der Waals surface area contributed by atoms with E-state index in [9.17, 15) is 0 Å². The number of hydrogen-bond donors (Lipinski definition) is 0. The van der Waals surface area contributed by atoms with Crippen molar-refractivity contribution in [1.82, 2.24) is 4.57 Å². The second-order valence-corrected chi connectivity index (χ2v) is 19.8. The summed E-state index contributed by atoms with van der Waals surface area (Å²) in [5.74, 6) is 0. The quantitative estimate of drug-likeness (QED) is 0.155. The number of hydrogen-bond acceptors (Lipinski definition) is 1. The van der Waals surface area contributed by atoms with Crippen LogP contribution < -0.4 is 4.90 Å². The molecule has 0 saturated heterocycles. The Morgan fingerprint density at radius 2 is 0.691 bits per heavy atom. The number of fused-ring (bicyclic) bond motifs is 9. The highest BCUT2D eigenvalue weighted by atomic mass is 15.1. The van der Waals surface area contributed by atoms with Gasteiger partial charge in [0.2, 0.25) is 0 Å². The number of anilines is 3. The first kappa shape index (κ1) is 40.1. The Morgan fingerprint density at radius 1 is 0.294 bits per heavy atom. The molecule has 0 fully saturated rings. The van der Waals surface area contributed by atoms with Crippen LogP contribution in [0.4, 0.5) is 17.1 Å². The molecule has 0 atom stereocenters. The van der Waals surface area contributed by atoms with Crippen LogP contribution in [0.15, 0.2) is 231 Å². The molecule has 2 aliphatic rings. The second kappa shape index (κ2) is 15.2. The van der Waals surface area contributed by atoms with E-state index in [1.807, 2.05) is 0 Å². The van der Waals surface area contributed by atoms with Gasteiger partial charge >= 0.3 is 0 Å². The zero-order chi connectivity index (χ0) is 45.7. The van der Waals surface area contributed by atoms with Crippen LogP contribution in [-0.4, -0.2) is 4.57 Å². The average molecular weight is 871 g/mol. The smallest absolute Gasteiger partial charge is 0.0541 e. The molecule has 0 bridgehead atoms. The molecule has 13 rings (SSSR count). The van der Waals surface area contributed by atoms with Crippen LogP contribution in [0.25, 0.3) is 83.1 Å².